The van der Waals surface area contributed by atoms with Gasteiger partial charge < -0.3 is 14.6 Å². The Labute approximate surface area is 93.8 Å². The monoisotopic (exact) mass is 222 g/mol. The Morgan fingerprint density at radius 2 is 2.19 bits per heavy atom. The minimum Gasteiger partial charge on any atom is -0.496 e. The van der Waals surface area contributed by atoms with Gasteiger partial charge >= 0.3 is 5.97 Å². The third kappa shape index (κ3) is 1.88. The lowest BCUT2D eigenvalue weighted by Gasteiger charge is -2.32. The molecule has 1 heterocycles. The molecule has 1 aliphatic rings. The number of hydrogen-bond acceptors (Lipinski definition) is 3. The first-order valence-electron chi connectivity index (χ1n) is 5.17. The molecule has 1 N–H and O–H groups in total. The molecule has 2 rings (SSSR count). The smallest absolute Gasteiger partial charge is 0.311 e. The van der Waals surface area contributed by atoms with Crippen molar-refractivity contribution in [3.63, 3.8) is 0 Å². The van der Waals surface area contributed by atoms with Crippen LogP contribution in [0.3, 0.4) is 0 Å². The maximum Gasteiger partial charge on any atom is 0.311 e. The van der Waals surface area contributed by atoms with Gasteiger partial charge in [-0.15, -0.1) is 0 Å². The van der Waals surface area contributed by atoms with Crippen molar-refractivity contribution in [2.75, 3.05) is 20.3 Å². The fourth-order valence-electron chi connectivity index (χ4n) is 1.96. The van der Waals surface area contributed by atoms with E-state index in [1.165, 1.54) is 0 Å². The highest BCUT2D eigenvalue weighted by atomic mass is 16.5. The van der Waals surface area contributed by atoms with E-state index in [-0.39, 0.29) is 5.92 Å². The molecule has 0 aromatic heterocycles. The summed E-state index contributed by atoms with van der Waals surface area (Å²) in [5.41, 5.74) is 0.728. The number of rotatable bonds is 4. The first-order valence-corrected chi connectivity index (χ1v) is 5.17. The maximum atomic E-state index is 11.3. The second-order valence-corrected chi connectivity index (χ2v) is 3.86. The van der Waals surface area contributed by atoms with Crippen LogP contribution in [0, 0.1) is 5.92 Å². The summed E-state index contributed by atoms with van der Waals surface area (Å²) in [5, 5.41) is 9.27. The summed E-state index contributed by atoms with van der Waals surface area (Å²) in [7, 11) is 1.55. The molecule has 0 aliphatic carbocycles. The van der Waals surface area contributed by atoms with Gasteiger partial charge in [-0.2, -0.15) is 0 Å². The Morgan fingerprint density at radius 1 is 1.50 bits per heavy atom. The van der Waals surface area contributed by atoms with Crippen molar-refractivity contribution >= 4 is 5.97 Å². The van der Waals surface area contributed by atoms with E-state index >= 15 is 0 Å². The Hall–Kier alpha value is -1.55. The van der Waals surface area contributed by atoms with E-state index in [0.717, 1.165) is 5.56 Å². The zero-order chi connectivity index (χ0) is 11.5. The van der Waals surface area contributed by atoms with Crippen LogP contribution in [-0.4, -0.2) is 31.4 Å². The minimum absolute atomic E-state index is 0.0498. The van der Waals surface area contributed by atoms with Gasteiger partial charge in [-0.3, -0.25) is 4.79 Å². The minimum atomic E-state index is -0.821. The van der Waals surface area contributed by atoms with Crippen molar-refractivity contribution < 1.29 is 19.4 Å². The molecule has 1 aromatic carbocycles. The van der Waals surface area contributed by atoms with Gasteiger partial charge in [0, 0.05) is 11.5 Å². The topological polar surface area (TPSA) is 55.8 Å². The maximum absolute atomic E-state index is 11.3. The molecule has 0 saturated carbocycles. The molecule has 0 spiro atoms. The quantitative estimate of drug-likeness (QED) is 0.839. The van der Waals surface area contributed by atoms with Crippen LogP contribution in [-0.2, 0) is 9.53 Å². The summed E-state index contributed by atoms with van der Waals surface area (Å²) in [6.07, 6.45) is 0. The van der Waals surface area contributed by atoms with Crippen LogP contribution >= 0.6 is 0 Å². The molecule has 1 saturated heterocycles. The molecule has 1 fully saturated rings. The average molecular weight is 222 g/mol. The van der Waals surface area contributed by atoms with Crippen molar-refractivity contribution in [2.24, 2.45) is 5.92 Å². The highest BCUT2D eigenvalue weighted by Crippen LogP contribution is 2.35. The van der Waals surface area contributed by atoms with Gasteiger partial charge in [-0.1, -0.05) is 18.2 Å². The van der Waals surface area contributed by atoms with Gasteiger partial charge in [-0.25, -0.2) is 0 Å². The van der Waals surface area contributed by atoms with Crippen molar-refractivity contribution in [1.82, 2.24) is 0 Å². The zero-order valence-corrected chi connectivity index (χ0v) is 9.05. The van der Waals surface area contributed by atoms with E-state index in [1.54, 1.807) is 19.2 Å². The predicted octanol–water partition coefficient (Wildman–Crippen LogP) is 1.51. The second-order valence-electron chi connectivity index (χ2n) is 3.86. The zero-order valence-electron chi connectivity index (χ0n) is 9.05. The number of aliphatic carboxylic acids is 1. The van der Waals surface area contributed by atoms with Gasteiger partial charge in [0.05, 0.1) is 26.2 Å². The Bertz CT molecular complexity index is 384. The predicted molar refractivity (Wildman–Crippen MR) is 57.7 cm³/mol. The Balaban J connectivity index is 2.33. The van der Waals surface area contributed by atoms with Crippen LogP contribution in [0.1, 0.15) is 11.5 Å². The summed E-state index contributed by atoms with van der Waals surface area (Å²) < 4.78 is 10.2. The number of carboxylic acids is 1. The van der Waals surface area contributed by atoms with Gasteiger partial charge in [0.1, 0.15) is 5.75 Å². The number of para-hydroxylation sites is 1. The second kappa shape index (κ2) is 4.53. The number of carbonyl (C=O) groups is 1. The first kappa shape index (κ1) is 11.0. The number of benzene rings is 1. The van der Waals surface area contributed by atoms with E-state index in [2.05, 4.69) is 0 Å². The van der Waals surface area contributed by atoms with Crippen LogP contribution in [0.5, 0.6) is 5.75 Å². The number of hydrogen-bond donors (Lipinski definition) is 1. The lowest BCUT2D eigenvalue weighted by Crippen LogP contribution is -2.37. The normalized spacial score (nSPS) is 17.6. The molecular formula is C12H14O4. The van der Waals surface area contributed by atoms with Crippen molar-refractivity contribution in [3.8, 4) is 5.75 Å². The fraction of sp³-hybridized carbons (Fsp3) is 0.417. The molecule has 4 nitrogen and oxygen atoms in total. The van der Waals surface area contributed by atoms with E-state index in [9.17, 15) is 9.90 Å². The van der Waals surface area contributed by atoms with E-state index in [1.807, 2.05) is 12.1 Å². The highest BCUT2D eigenvalue weighted by Gasteiger charge is 2.36. The highest BCUT2D eigenvalue weighted by molar-refractivity contribution is 5.77. The molecule has 0 bridgehead atoms. The van der Waals surface area contributed by atoms with Gasteiger partial charge in [0.15, 0.2) is 0 Å². The average Bonchev–Trinajstić information content (AvgIpc) is 2.22. The number of carboxylic acid groups (broad SMARTS) is 1. The molecule has 86 valence electrons. The van der Waals surface area contributed by atoms with Gasteiger partial charge in [-0.05, 0) is 6.07 Å². The van der Waals surface area contributed by atoms with Gasteiger partial charge in [0.25, 0.3) is 0 Å². The molecule has 1 unspecified atom stereocenters. The summed E-state index contributed by atoms with van der Waals surface area (Å²) in [6, 6.07) is 7.24. The third-order valence-electron chi connectivity index (χ3n) is 2.88. The summed E-state index contributed by atoms with van der Waals surface area (Å²) in [6.45, 7) is 1.02. The van der Waals surface area contributed by atoms with Crippen LogP contribution in [0.2, 0.25) is 0 Å². The van der Waals surface area contributed by atoms with Crippen molar-refractivity contribution in [3.05, 3.63) is 29.8 Å². The van der Waals surface area contributed by atoms with Crippen LogP contribution in [0.25, 0.3) is 0 Å². The molecule has 0 radical (unpaired) electrons. The summed E-state index contributed by atoms with van der Waals surface area (Å²) in [5.74, 6) is -0.682. The summed E-state index contributed by atoms with van der Waals surface area (Å²) >= 11 is 0. The SMILES string of the molecule is COc1ccccc1C(C(=O)O)C1COC1. The van der Waals surface area contributed by atoms with Crippen LogP contribution < -0.4 is 4.74 Å². The van der Waals surface area contributed by atoms with Crippen LogP contribution in [0.15, 0.2) is 24.3 Å². The Kier molecular flexibility index (Phi) is 3.10. The van der Waals surface area contributed by atoms with E-state index in [4.69, 9.17) is 9.47 Å². The molecule has 16 heavy (non-hydrogen) atoms. The Morgan fingerprint density at radius 3 is 2.69 bits per heavy atom. The number of ether oxygens (including phenoxy) is 2. The van der Waals surface area contributed by atoms with Gasteiger partial charge in [0.2, 0.25) is 0 Å². The fourth-order valence-corrected chi connectivity index (χ4v) is 1.96. The summed E-state index contributed by atoms with van der Waals surface area (Å²) in [4.78, 5) is 11.3. The molecule has 1 atom stereocenters. The van der Waals surface area contributed by atoms with E-state index < -0.39 is 11.9 Å². The first-order chi connectivity index (χ1) is 7.74. The molecule has 4 heteroatoms. The molecular weight excluding hydrogens is 208 g/mol. The van der Waals surface area contributed by atoms with E-state index in [0.29, 0.717) is 19.0 Å². The van der Waals surface area contributed by atoms with Crippen molar-refractivity contribution in [2.45, 2.75) is 5.92 Å². The molecule has 0 amide bonds. The lowest BCUT2D eigenvalue weighted by atomic mass is 9.84. The number of methoxy groups -OCH3 is 1. The van der Waals surface area contributed by atoms with Crippen molar-refractivity contribution in [1.29, 1.82) is 0 Å². The standard InChI is InChI=1S/C12H14O4/c1-15-10-5-3-2-4-9(10)11(12(13)14)8-6-16-7-8/h2-5,8,11H,6-7H2,1H3,(H,13,14). The largest absolute Gasteiger partial charge is 0.496 e. The lowest BCUT2D eigenvalue weighted by molar-refractivity contribution is -0.146. The van der Waals surface area contributed by atoms with Crippen LogP contribution in [0.4, 0.5) is 0 Å². The molecule has 1 aliphatic heterocycles. The third-order valence-corrected chi connectivity index (χ3v) is 2.88. The molecule has 1 aromatic rings.